The van der Waals surface area contributed by atoms with E-state index in [0.29, 0.717) is 27.3 Å². The first kappa shape index (κ1) is 20.8. The zero-order chi connectivity index (χ0) is 21.1. The lowest BCUT2D eigenvalue weighted by atomic mass is 10.1. The van der Waals surface area contributed by atoms with E-state index in [1.165, 1.54) is 18.7 Å². The summed E-state index contributed by atoms with van der Waals surface area (Å²) in [4.78, 5) is 41.6. The Labute approximate surface area is 173 Å². The van der Waals surface area contributed by atoms with Gasteiger partial charge in [0.1, 0.15) is 0 Å². The molecule has 7 heteroatoms. The smallest absolute Gasteiger partial charge is 0.262 e. The summed E-state index contributed by atoms with van der Waals surface area (Å²) in [6, 6.07) is 13.9. The normalized spacial score (nSPS) is 12.2. The highest BCUT2D eigenvalue weighted by atomic mass is 32.2. The number of carbonyl (C=O) groups is 2. The molecule has 0 bridgehead atoms. The molecule has 0 aliphatic rings. The Morgan fingerprint density at radius 1 is 1.03 bits per heavy atom. The molecule has 1 N–H and O–H groups in total. The minimum absolute atomic E-state index is 0.0270. The first-order valence-electron chi connectivity index (χ1n) is 9.37. The van der Waals surface area contributed by atoms with Gasteiger partial charge in [-0.15, -0.1) is 0 Å². The molecule has 29 heavy (non-hydrogen) atoms. The second-order valence-electron chi connectivity index (χ2n) is 7.06. The summed E-state index contributed by atoms with van der Waals surface area (Å²) in [5, 5.41) is 3.45. The van der Waals surface area contributed by atoms with Gasteiger partial charge in [0, 0.05) is 17.3 Å². The van der Waals surface area contributed by atoms with Gasteiger partial charge < -0.3 is 5.32 Å². The molecule has 0 saturated heterocycles. The molecule has 2 aromatic carbocycles. The predicted octanol–water partition coefficient (Wildman–Crippen LogP) is 4.30. The molecule has 3 aromatic rings. The van der Waals surface area contributed by atoms with Crippen LogP contribution < -0.4 is 10.9 Å². The van der Waals surface area contributed by atoms with Crippen molar-refractivity contribution < 1.29 is 9.59 Å². The number of thioether (sulfide) groups is 1. The molecule has 0 saturated carbocycles. The van der Waals surface area contributed by atoms with Gasteiger partial charge in [0.25, 0.3) is 5.56 Å². The third-order valence-corrected chi connectivity index (χ3v) is 5.57. The average Bonchev–Trinajstić information content (AvgIpc) is 2.68. The van der Waals surface area contributed by atoms with Crippen LogP contribution >= 0.6 is 11.8 Å². The van der Waals surface area contributed by atoms with Gasteiger partial charge in [0.2, 0.25) is 5.91 Å². The Morgan fingerprint density at radius 2 is 1.69 bits per heavy atom. The number of nitrogens with zero attached hydrogens (tertiary/aromatic N) is 2. The van der Waals surface area contributed by atoms with E-state index in [1.54, 1.807) is 47.9 Å². The molecule has 1 aromatic heterocycles. The second kappa shape index (κ2) is 8.61. The van der Waals surface area contributed by atoms with E-state index in [0.717, 1.165) is 0 Å². The van der Waals surface area contributed by atoms with Crippen molar-refractivity contribution in [2.24, 2.45) is 0 Å². The predicted molar refractivity (Wildman–Crippen MR) is 117 cm³/mol. The van der Waals surface area contributed by atoms with E-state index in [2.05, 4.69) is 10.3 Å². The second-order valence-corrected chi connectivity index (χ2v) is 8.37. The van der Waals surface area contributed by atoms with Crippen molar-refractivity contribution in [3.8, 4) is 0 Å². The number of para-hydroxylation sites is 1. The third kappa shape index (κ3) is 4.56. The molecule has 0 spiro atoms. The molecular formula is C22H23N3O3S. The maximum absolute atomic E-state index is 12.9. The number of benzene rings is 2. The van der Waals surface area contributed by atoms with Crippen LogP contribution in [0.4, 0.5) is 5.69 Å². The van der Waals surface area contributed by atoms with Crippen LogP contribution in [0.5, 0.6) is 0 Å². The molecule has 1 heterocycles. The molecule has 1 amide bonds. The standard InChI is InChI=1S/C22H23N3O3S/c1-13(2)25-21(28)18-7-5-6-8-19(18)24-22(25)29-15(4)20(27)23-17-11-9-16(10-12-17)14(3)26/h5-13,15H,1-4H3,(H,23,27)/t15-/m1/s1. The van der Waals surface area contributed by atoms with Crippen LogP contribution in [0, 0.1) is 0 Å². The molecule has 0 fully saturated rings. The van der Waals surface area contributed by atoms with E-state index in [4.69, 9.17) is 0 Å². The number of aromatic nitrogens is 2. The molecule has 0 unspecified atom stereocenters. The van der Waals surface area contributed by atoms with Gasteiger partial charge in [-0.2, -0.15) is 0 Å². The fourth-order valence-electron chi connectivity index (χ4n) is 2.91. The van der Waals surface area contributed by atoms with Crippen LogP contribution in [0.25, 0.3) is 10.9 Å². The van der Waals surface area contributed by atoms with Gasteiger partial charge in [-0.3, -0.25) is 19.0 Å². The number of hydrogen-bond acceptors (Lipinski definition) is 5. The number of carbonyl (C=O) groups excluding carboxylic acids is 2. The fraction of sp³-hybridized carbons (Fsp3) is 0.273. The van der Waals surface area contributed by atoms with Gasteiger partial charge in [0.05, 0.1) is 16.2 Å². The number of fused-ring (bicyclic) bond motifs is 1. The van der Waals surface area contributed by atoms with E-state index in [-0.39, 0.29) is 23.3 Å². The van der Waals surface area contributed by atoms with Crippen molar-refractivity contribution >= 4 is 40.0 Å². The Morgan fingerprint density at radius 3 is 2.31 bits per heavy atom. The van der Waals surface area contributed by atoms with Gasteiger partial charge >= 0.3 is 0 Å². The Kier molecular flexibility index (Phi) is 6.17. The lowest BCUT2D eigenvalue weighted by Crippen LogP contribution is -2.28. The SMILES string of the molecule is CC(=O)c1ccc(NC(=O)[C@@H](C)Sc2nc3ccccc3c(=O)n2C(C)C)cc1. The number of hydrogen-bond donors (Lipinski definition) is 1. The van der Waals surface area contributed by atoms with Crippen molar-refractivity contribution in [2.45, 2.75) is 44.1 Å². The lowest BCUT2D eigenvalue weighted by molar-refractivity contribution is -0.115. The van der Waals surface area contributed by atoms with Crippen LogP contribution in [0.1, 0.15) is 44.1 Å². The summed E-state index contributed by atoms with van der Waals surface area (Å²) >= 11 is 1.25. The maximum atomic E-state index is 12.9. The van der Waals surface area contributed by atoms with E-state index >= 15 is 0 Å². The summed E-state index contributed by atoms with van der Waals surface area (Å²) in [6.07, 6.45) is 0. The highest BCUT2D eigenvalue weighted by molar-refractivity contribution is 8.00. The van der Waals surface area contributed by atoms with Crippen molar-refractivity contribution in [3.05, 3.63) is 64.4 Å². The summed E-state index contributed by atoms with van der Waals surface area (Å²) in [6.45, 7) is 7.11. The quantitative estimate of drug-likeness (QED) is 0.373. The van der Waals surface area contributed by atoms with E-state index in [9.17, 15) is 14.4 Å². The Bertz CT molecular complexity index is 1120. The fourth-order valence-corrected chi connectivity index (χ4v) is 3.95. The molecule has 1 atom stereocenters. The zero-order valence-corrected chi connectivity index (χ0v) is 17.6. The Hall–Kier alpha value is -2.93. The van der Waals surface area contributed by atoms with Gasteiger partial charge in [-0.05, 0) is 64.1 Å². The van der Waals surface area contributed by atoms with Crippen LogP contribution in [-0.2, 0) is 4.79 Å². The number of anilines is 1. The minimum atomic E-state index is -0.472. The van der Waals surface area contributed by atoms with Crippen LogP contribution in [0.3, 0.4) is 0 Å². The van der Waals surface area contributed by atoms with Crippen LogP contribution in [0.15, 0.2) is 58.5 Å². The number of Topliss-reactive ketones (excluding diaryl/α,β-unsaturated/α-hetero) is 1. The van der Waals surface area contributed by atoms with Crippen LogP contribution in [-0.4, -0.2) is 26.5 Å². The maximum Gasteiger partial charge on any atom is 0.262 e. The van der Waals surface area contributed by atoms with E-state index in [1.807, 2.05) is 26.0 Å². The molecule has 3 rings (SSSR count). The largest absolute Gasteiger partial charge is 0.325 e. The van der Waals surface area contributed by atoms with Gasteiger partial charge in [0.15, 0.2) is 10.9 Å². The molecular weight excluding hydrogens is 386 g/mol. The summed E-state index contributed by atoms with van der Waals surface area (Å²) < 4.78 is 1.62. The van der Waals surface area contributed by atoms with E-state index < -0.39 is 5.25 Å². The minimum Gasteiger partial charge on any atom is -0.325 e. The number of nitrogens with one attached hydrogen (secondary N) is 1. The topological polar surface area (TPSA) is 81.1 Å². The molecule has 0 aliphatic heterocycles. The van der Waals surface area contributed by atoms with Crippen molar-refractivity contribution in [1.29, 1.82) is 0 Å². The van der Waals surface area contributed by atoms with Crippen molar-refractivity contribution in [2.75, 3.05) is 5.32 Å². The lowest BCUT2D eigenvalue weighted by Gasteiger charge is -2.18. The highest BCUT2D eigenvalue weighted by Gasteiger charge is 2.20. The van der Waals surface area contributed by atoms with Crippen molar-refractivity contribution in [3.63, 3.8) is 0 Å². The number of rotatable bonds is 6. The monoisotopic (exact) mass is 409 g/mol. The van der Waals surface area contributed by atoms with Crippen LogP contribution in [0.2, 0.25) is 0 Å². The van der Waals surface area contributed by atoms with Crippen molar-refractivity contribution in [1.82, 2.24) is 9.55 Å². The van der Waals surface area contributed by atoms with Gasteiger partial charge in [-0.1, -0.05) is 23.9 Å². The zero-order valence-electron chi connectivity index (χ0n) is 16.8. The summed E-state index contributed by atoms with van der Waals surface area (Å²) in [5.74, 6) is -0.232. The molecule has 0 aliphatic carbocycles. The average molecular weight is 410 g/mol. The molecule has 0 radical (unpaired) electrons. The molecule has 6 nitrogen and oxygen atoms in total. The first-order valence-corrected chi connectivity index (χ1v) is 10.3. The third-order valence-electron chi connectivity index (χ3n) is 4.50. The number of amides is 1. The summed E-state index contributed by atoms with van der Waals surface area (Å²) in [7, 11) is 0. The highest BCUT2D eigenvalue weighted by Crippen LogP contribution is 2.25. The number of ketones is 1. The first-order chi connectivity index (χ1) is 13.8. The van der Waals surface area contributed by atoms with Gasteiger partial charge in [-0.25, -0.2) is 4.98 Å². The Balaban J connectivity index is 1.84. The summed E-state index contributed by atoms with van der Waals surface area (Å²) in [5.41, 5.74) is 1.71. The molecule has 150 valence electrons.